The molecule has 1 aromatic heterocycles. The van der Waals surface area contributed by atoms with Crippen LogP contribution < -0.4 is 16.0 Å². The lowest BCUT2D eigenvalue weighted by atomic mass is 10.2. The van der Waals surface area contributed by atoms with Gasteiger partial charge < -0.3 is 16.0 Å². The second-order valence-corrected chi connectivity index (χ2v) is 5.97. The Bertz CT molecular complexity index is 702. The molecule has 6 heteroatoms. The van der Waals surface area contributed by atoms with Crippen molar-refractivity contribution in [3.8, 4) is 0 Å². The maximum absolute atomic E-state index is 12.2. The van der Waals surface area contributed by atoms with Crippen LogP contribution in [0, 0.1) is 5.92 Å². The number of anilines is 1. The van der Waals surface area contributed by atoms with Gasteiger partial charge in [0.05, 0.1) is 0 Å². The summed E-state index contributed by atoms with van der Waals surface area (Å²) in [5.74, 6) is -0.223. The van der Waals surface area contributed by atoms with E-state index in [1.54, 1.807) is 18.3 Å². The van der Waals surface area contributed by atoms with Gasteiger partial charge in [-0.2, -0.15) is 0 Å². The molecular formula is C19H24N4O2. The van der Waals surface area contributed by atoms with E-state index < -0.39 is 0 Å². The number of carbonyl (C=O) groups is 2. The smallest absolute Gasteiger partial charge is 0.270 e. The van der Waals surface area contributed by atoms with E-state index >= 15 is 0 Å². The van der Waals surface area contributed by atoms with Crippen LogP contribution in [0.5, 0.6) is 0 Å². The van der Waals surface area contributed by atoms with Gasteiger partial charge in [-0.05, 0) is 17.7 Å². The zero-order valence-electron chi connectivity index (χ0n) is 14.6. The van der Waals surface area contributed by atoms with E-state index in [0.29, 0.717) is 25.3 Å². The Hall–Kier alpha value is -2.89. The fraction of sp³-hybridized carbons (Fsp3) is 0.316. The number of carbonyl (C=O) groups excluding carboxylic acids is 2. The van der Waals surface area contributed by atoms with Crippen LogP contribution in [0.25, 0.3) is 0 Å². The normalized spacial score (nSPS) is 10.4. The number of nitrogens with zero attached hydrogens (tertiary/aromatic N) is 1. The molecule has 6 nitrogen and oxygen atoms in total. The minimum Gasteiger partial charge on any atom is -0.383 e. The Morgan fingerprint density at radius 3 is 2.52 bits per heavy atom. The summed E-state index contributed by atoms with van der Waals surface area (Å²) in [5.41, 5.74) is 2.18. The van der Waals surface area contributed by atoms with Crippen LogP contribution in [0.15, 0.2) is 48.7 Å². The van der Waals surface area contributed by atoms with E-state index in [1.165, 1.54) is 0 Å². The number of hydrogen-bond donors (Lipinski definition) is 3. The molecule has 0 aliphatic rings. The maximum atomic E-state index is 12.2. The van der Waals surface area contributed by atoms with E-state index in [4.69, 9.17) is 0 Å². The van der Waals surface area contributed by atoms with Gasteiger partial charge in [-0.3, -0.25) is 14.6 Å². The van der Waals surface area contributed by atoms with Crippen molar-refractivity contribution in [2.24, 2.45) is 5.92 Å². The lowest BCUT2D eigenvalue weighted by Crippen LogP contribution is -2.31. The lowest BCUT2D eigenvalue weighted by Gasteiger charge is -2.10. The number of benzene rings is 1. The predicted octanol–water partition coefficient (Wildman–Crippen LogP) is 2.20. The van der Waals surface area contributed by atoms with Crippen LogP contribution in [0.1, 0.15) is 29.9 Å². The van der Waals surface area contributed by atoms with Crippen LogP contribution in [0.3, 0.4) is 0 Å². The van der Waals surface area contributed by atoms with Crippen molar-refractivity contribution < 1.29 is 9.59 Å². The Morgan fingerprint density at radius 2 is 1.80 bits per heavy atom. The Morgan fingerprint density at radius 1 is 1.04 bits per heavy atom. The second-order valence-electron chi connectivity index (χ2n) is 5.97. The number of rotatable bonds is 8. The predicted molar refractivity (Wildman–Crippen MR) is 98.2 cm³/mol. The van der Waals surface area contributed by atoms with E-state index in [-0.39, 0.29) is 17.7 Å². The molecule has 1 aromatic carbocycles. The van der Waals surface area contributed by atoms with Crippen molar-refractivity contribution in [2.75, 3.05) is 18.4 Å². The van der Waals surface area contributed by atoms with Gasteiger partial charge in [0.2, 0.25) is 5.91 Å². The molecule has 0 radical (unpaired) electrons. The van der Waals surface area contributed by atoms with Crippen LogP contribution in [-0.4, -0.2) is 29.9 Å². The molecular weight excluding hydrogens is 316 g/mol. The number of pyridine rings is 1. The molecule has 1 heterocycles. The molecule has 132 valence electrons. The minimum atomic E-state index is -0.222. The molecule has 0 bridgehead atoms. The van der Waals surface area contributed by atoms with Crippen molar-refractivity contribution in [2.45, 2.75) is 20.4 Å². The quantitative estimate of drug-likeness (QED) is 0.643. The third-order valence-corrected chi connectivity index (χ3v) is 3.57. The number of hydrogen-bond acceptors (Lipinski definition) is 4. The first kappa shape index (κ1) is 18.4. The third kappa shape index (κ3) is 6.25. The summed E-state index contributed by atoms with van der Waals surface area (Å²) < 4.78 is 0. The van der Waals surface area contributed by atoms with E-state index in [9.17, 15) is 9.59 Å². The van der Waals surface area contributed by atoms with Crippen molar-refractivity contribution in [1.82, 2.24) is 15.6 Å². The van der Waals surface area contributed by atoms with Gasteiger partial charge in [0.1, 0.15) is 5.69 Å². The SMILES string of the molecule is CC(C)C(=O)NCCNc1ccnc(C(=O)NCc2ccccc2)c1. The standard InChI is InChI=1S/C19H24N4O2/c1-14(2)18(24)22-11-10-20-16-8-9-21-17(12-16)19(25)23-13-15-6-4-3-5-7-15/h3-9,12,14H,10-11,13H2,1-2H3,(H,20,21)(H,22,24)(H,23,25). The summed E-state index contributed by atoms with van der Waals surface area (Å²) in [6, 6.07) is 13.2. The molecule has 0 aliphatic heterocycles. The first-order valence-electron chi connectivity index (χ1n) is 8.36. The second kappa shape index (κ2) is 9.42. The third-order valence-electron chi connectivity index (χ3n) is 3.57. The minimum absolute atomic E-state index is 0.0255. The zero-order chi connectivity index (χ0) is 18.1. The summed E-state index contributed by atoms with van der Waals surface area (Å²) in [4.78, 5) is 27.8. The van der Waals surface area contributed by atoms with Crippen LogP contribution in [-0.2, 0) is 11.3 Å². The summed E-state index contributed by atoms with van der Waals surface area (Å²) in [6.07, 6.45) is 1.59. The highest BCUT2D eigenvalue weighted by atomic mass is 16.2. The molecule has 0 atom stereocenters. The Kier molecular flexibility index (Phi) is 6.95. The molecule has 0 saturated carbocycles. The van der Waals surface area contributed by atoms with E-state index in [1.807, 2.05) is 44.2 Å². The first-order valence-corrected chi connectivity index (χ1v) is 8.36. The van der Waals surface area contributed by atoms with Crippen LogP contribution in [0.4, 0.5) is 5.69 Å². The highest BCUT2D eigenvalue weighted by molar-refractivity contribution is 5.93. The van der Waals surface area contributed by atoms with Gasteiger partial charge in [0.15, 0.2) is 0 Å². The molecule has 3 N–H and O–H groups in total. The Balaban J connectivity index is 1.81. The molecule has 2 aromatic rings. The van der Waals surface area contributed by atoms with Gasteiger partial charge in [-0.1, -0.05) is 44.2 Å². The van der Waals surface area contributed by atoms with Crippen LogP contribution in [0.2, 0.25) is 0 Å². The molecule has 0 aliphatic carbocycles. The molecule has 0 fully saturated rings. The van der Waals surface area contributed by atoms with Crippen LogP contribution >= 0.6 is 0 Å². The summed E-state index contributed by atoms with van der Waals surface area (Å²) in [7, 11) is 0. The van der Waals surface area contributed by atoms with Crippen molar-refractivity contribution in [3.63, 3.8) is 0 Å². The summed E-state index contributed by atoms with van der Waals surface area (Å²) in [5, 5.41) is 8.86. The van der Waals surface area contributed by atoms with Crippen molar-refractivity contribution in [1.29, 1.82) is 0 Å². The molecule has 2 rings (SSSR count). The highest BCUT2D eigenvalue weighted by Gasteiger charge is 2.08. The molecule has 2 amide bonds. The van der Waals surface area contributed by atoms with E-state index in [0.717, 1.165) is 11.3 Å². The van der Waals surface area contributed by atoms with Crippen molar-refractivity contribution in [3.05, 3.63) is 59.9 Å². The molecule has 0 spiro atoms. The average molecular weight is 340 g/mol. The van der Waals surface area contributed by atoms with Crippen molar-refractivity contribution >= 4 is 17.5 Å². The topological polar surface area (TPSA) is 83.1 Å². The lowest BCUT2D eigenvalue weighted by molar-refractivity contribution is -0.123. The van der Waals surface area contributed by atoms with Gasteiger partial charge in [-0.15, -0.1) is 0 Å². The Labute approximate surface area is 148 Å². The molecule has 0 saturated heterocycles. The number of nitrogens with one attached hydrogen (secondary N) is 3. The number of aromatic nitrogens is 1. The van der Waals surface area contributed by atoms with Gasteiger partial charge in [0, 0.05) is 37.4 Å². The monoisotopic (exact) mass is 340 g/mol. The summed E-state index contributed by atoms with van der Waals surface area (Å²) in [6.45, 7) is 5.26. The van der Waals surface area contributed by atoms with Gasteiger partial charge in [0.25, 0.3) is 5.91 Å². The highest BCUT2D eigenvalue weighted by Crippen LogP contribution is 2.08. The number of amides is 2. The van der Waals surface area contributed by atoms with E-state index in [2.05, 4.69) is 20.9 Å². The van der Waals surface area contributed by atoms with Gasteiger partial charge >= 0.3 is 0 Å². The maximum Gasteiger partial charge on any atom is 0.270 e. The zero-order valence-corrected chi connectivity index (χ0v) is 14.6. The molecule has 0 unspecified atom stereocenters. The fourth-order valence-corrected chi connectivity index (χ4v) is 2.13. The fourth-order valence-electron chi connectivity index (χ4n) is 2.13. The molecule has 25 heavy (non-hydrogen) atoms. The average Bonchev–Trinajstić information content (AvgIpc) is 2.64. The summed E-state index contributed by atoms with van der Waals surface area (Å²) >= 11 is 0. The largest absolute Gasteiger partial charge is 0.383 e. The van der Waals surface area contributed by atoms with Gasteiger partial charge in [-0.25, -0.2) is 0 Å². The first-order chi connectivity index (χ1) is 12.1.